The quantitative estimate of drug-likeness (QED) is 0.842. The third-order valence-corrected chi connectivity index (χ3v) is 3.82. The monoisotopic (exact) mass is 253 g/mol. The third-order valence-electron chi connectivity index (χ3n) is 3.82. The molecule has 2 rings (SSSR count). The minimum Gasteiger partial charge on any atom is -0.367 e. The average molecular weight is 253 g/mol. The van der Waals surface area contributed by atoms with Crippen molar-refractivity contribution in [1.82, 2.24) is 15.5 Å². The van der Waals surface area contributed by atoms with Crippen LogP contribution in [-0.2, 0) is 10.3 Å². The number of ether oxygens (including phenoxy) is 1. The summed E-state index contributed by atoms with van der Waals surface area (Å²) in [5, 5.41) is 7.47. The van der Waals surface area contributed by atoms with Gasteiger partial charge in [-0.2, -0.15) is 4.98 Å². The van der Waals surface area contributed by atoms with Crippen molar-refractivity contribution in [3.05, 3.63) is 11.7 Å². The highest BCUT2D eigenvalue weighted by Gasteiger charge is 2.35. The molecule has 1 aromatic heterocycles. The van der Waals surface area contributed by atoms with Crippen LogP contribution in [0.2, 0.25) is 0 Å². The van der Waals surface area contributed by atoms with Crippen molar-refractivity contribution in [2.75, 3.05) is 19.7 Å². The fraction of sp³-hybridized carbons (Fsp3) is 0.846. The highest BCUT2D eigenvalue weighted by atomic mass is 16.5. The van der Waals surface area contributed by atoms with E-state index in [0.717, 1.165) is 38.2 Å². The maximum atomic E-state index is 5.89. The molecule has 1 aliphatic heterocycles. The Morgan fingerprint density at radius 1 is 1.39 bits per heavy atom. The van der Waals surface area contributed by atoms with Crippen molar-refractivity contribution in [2.24, 2.45) is 0 Å². The molecule has 0 amide bonds. The summed E-state index contributed by atoms with van der Waals surface area (Å²) >= 11 is 0. The van der Waals surface area contributed by atoms with E-state index >= 15 is 0 Å². The molecule has 1 aliphatic rings. The first-order valence-corrected chi connectivity index (χ1v) is 6.94. The van der Waals surface area contributed by atoms with Gasteiger partial charge in [-0.1, -0.05) is 19.0 Å². The second-order valence-electron chi connectivity index (χ2n) is 4.78. The maximum Gasteiger partial charge on any atom is 0.231 e. The molecule has 5 heteroatoms. The Morgan fingerprint density at radius 3 is 2.72 bits per heavy atom. The first-order valence-electron chi connectivity index (χ1n) is 6.94. The number of aromatic nitrogens is 2. The van der Waals surface area contributed by atoms with Gasteiger partial charge in [0.2, 0.25) is 11.7 Å². The Morgan fingerprint density at radius 2 is 2.17 bits per heavy atom. The lowest BCUT2D eigenvalue weighted by Gasteiger charge is -2.27. The van der Waals surface area contributed by atoms with Gasteiger partial charge in [0.05, 0.1) is 5.92 Å². The summed E-state index contributed by atoms with van der Waals surface area (Å²) in [5.41, 5.74) is -0.386. The zero-order valence-electron chi connectivity index (χ0n) is 11.5. The summed E-state index contributed by atoms with van der Waals surface area (Å²) in [7, 11) is 0. The number of rotatable bonds is 6. The van der Waals surface area contributed by atoms with Gasteiger partial charge in [0, 0.05) is 13.2 Å². The molecule has 1 unspecified atom stereocenters. The molecule has 1 saturated heterocycles. The van der Waals surface area contributed by atoms with Gasteiger partial charge in [-0.05, 0) is 32.7 Å². The molecule has 0 aromatic carbocycles. The second-order valence-corrected chi connectivity index (χ2v) is 4.78. The van der Waals surface area contributed by atoms with Gasteiger partial charge in [0.15, 0.2) is 0 Å². The van der Waals surface area contributed by atoms with E-state index in [9.17, 15) is 0 Å². The summed E-state index contributed by atoms with van der Waals surface area (Å²) in [5.74, 6) is 1.82. The van der Waals surface area contributed by atoms with Crippen molar-refractivity contribution in [3.8, 4) is 0 Å². The van der Waals surface area contributed by atoms with Crippen LogP contribution in [0.25, 0.3) is 0 Å². The first-order chi connectivity index (χ1) is 8.75. The fourth-order valence-electron chi connectivity index (χ4n) is 2.56. The second kappa shape index (κ2) is 5.80. The van der Waals surface area contributed by atoms with Gasteiger partial charge in [0.25, 0.3) is 0 Å². The van der Waals surface area contributed by atoms with Crippen LogP contribution in [0, 0.1) is 0 Å². The highest BCUT2D eigenvalue weighted by Crippen LogP contribution is 2.32. The summed E-state index contributed by atoms with van der Waals surface area (Å²) in [4.78, 5) is 4.58. The van der Waals surface area contributed by atoms with Crippen LogP contribution in [0.3, 0.4) is 0 Å². The van der Waals surface area contributed by atoms with E-state index in [0.29, 0.717) is 18.3 Å². The van der Waals surface area contributed by atoms with Crippen molar-refractivity contribution in [3.63, 3.8) is 0 Å². The van der Waals surface area contributed by atoms with E-state index < -0.39 is 0 Å². The van der Waals surface area contributed by atoms with Crippen LogP contribution in [-0.4, -0.2) is 29.8 Å². The van der Waals surface area contributed by atoms with Crippen molar-refractivity contribution < 1.29 is 9.26 Å². The minimum absolute atomic E-state index is 0.360. The molecular formula is C13H23N3O2. The topological polar surface area (TPSA) is 60.2 Å². The molecule has 0 spiro atoms. The van der Waals surface area contributed by atoms with E-state index in [4.69, 9.17) is 9.26 Å². The van der Waals surface area contributed by atoms with Gasteiger partial charge in [-0.15, -0.1) is 0 Å². The molecule has 18 heavy (non-hydrogen) atoms. The zero-order chi connectivity index (χ0) is 13.0. The third kappa shape index (κ3) is 2.42. The molecule has 0 bridgehead atoms. The Kier molecular flexibility index (Phi) is 4.35. The van der Waals surface area contributed by atoms with Gasteiger partial charge in [-0.3, -0.25) is 0 Å². The Hall–Kier alpha value is -0.940. The lowest BCUT2D eigenvalue weighted by atomic mass is 9.96. The van der Waals surface area contributed by atoms with Gasteiger partial charge >= 0.3 is 0 Å². The molecule has 0 saturated carbocycles. The van der Waals surface area contributed by atoms with Crippen molar-refractivity contribution >= 4 is 0 Å². The Bertz CT molecular complexity index is 368. The van der Waals surface area contributed by atoms with Gasteiger partial charge in [0.1, 0.15) is 5.60 Å². The standard InChI is InChI=1S/C13H23N3O2/c1-4-13(5-2,17-6-3)12-15-11(18-16-12)10-7-8-14-9-10/h10,14H,4-9H2,1-3H3. The van der Waals surface area contributed by atoms with Crippen LogP contribution in [0.15, 0.2) is 4.52 Å². The lowest BCUT2D eigenvalue weighted by Crippen LogP contribution is -2.29. The van der Waals surface area contributed by atoms with Gasteiger partial charge in [-0.25, -0.2) is 0 Å². The smallest absolute Gasteiger partial charge is 0.231 e. The summed E-state index contributed by atoms with van der Waals surface area (Å²) in [6.07, 6.45) is 2.79. The normalized spacial score (nSPS) is 20.5. The molecule has 1 atom stereocenters. The Balaban J connectivity index is 2.20. The fourth-order valence-corrected chi connectivity index (χ4v) is 2.56. The number of hydrogen-bond donors (Lipinski definition) is 1. The molecule has 5 nitrogen and oxygen atoms in total. The summed E-state index contributed by atoms with van der Waals surface area (Å²) in [6, 6.07) is 0. The van der Waals surface area contributed by atoms with Crippen LogP contribution in [0.1, 0.15) is 57.7 Å². The van der Waals surface area contributed by atoms with Crippen molar-refractivity contribution in [1.29, 1.82) is 0 Å². The van der Waals surface area contributed by atoms with Gasteiger partial charge < -0.3 is 14.6 Å². The molecule has 2 heterocycles. The van der Waals surface area contributed by atoms with Crippen LogP contribution >= 0.6 is 0 Å². The summed E-state index contributed by atoms with van der Waals surface area (Å²) < 4.78 is 11.3. The molecule has 1 aromatic rings. The van der Waals surface area contributed by atoms with E-state index in [2.05, 4.69) is 29.3 Å². The average Bonchev–Trinajstić information content (AvgIpc) is 3.05. The molecule has 1 fully saturated rings. The lowest BCUT2D eigenvalue weighted by molar-refractivity contribution is -0.0583. The molecule has 102 valence electrons. The predicted octanol–water partition coefficient (Wildman–Crippen LogP) is 2.20. The van der Waals surface area contributed by atoms with E-state index in [1.54, 1.807) is 0 Å². The molecular weight excluding hydrogens is 230 g/mol. The van der Waals surface area contributed by atoms with E-state index in [1.807, 2.05) is 6.92 Å². The van der Waals surface area contributed by atoms with E-state index in [-0.39, 0.29) is 5.60 Å². The van der Waals surface area contributed by atoms with Crippen LogP contribution in [0.5, 0.6) is 0 Å². The molecule has 0 radical (unpaired) electrons. The predicted molar refractivity (Wildman–Crippen MR) is 68.4 cm³/mol. The van der Waals surface area contributed by atoms with Crippen LogP contribution < -0.4 is 5.32 Å². The number of nitrogens with one attached hydrogen (secondary N) is 1. The first kappa shape index (κ1) is 13.5. The molecule has 1 N–H and O–H groups in total. The van der Waals surface area contributed by atoms with E-state index in [1.165, 1.54) is 0 Å². The maximum absolute atomic E-state index is 5.89. The highest BCUT2D eigenvalue weighted by molar-refractivity contribution is 5.05. The SMILES string of the molecule is CCOC(CC)(CC)c1noc(C2CCNC2)n1. The largest absolute Gasteiger partial charge is 0.367 e. The number of hydrogen-bond acceptors (Lipinski definition) is 5. The zero-order valence-corrected chi connectivity index (χ0v) is 11.5. The van der Waals surface area contributed by atoms with Crippen molar-refractivity contribution in [2.45, 2.75) is 51.6 Å². The summed E-state index contributed by atoms with van der Waals surface area (Å²) in [6.45, 7) is 8.83. The number of nitrogens with zero attached hydrogens (tertiary/aromatic N) is 2. The Labute approximate surface area is 108 Å². The minimum atomic E-state index is -0.386. The molecule has 0 aliphatic carbocycles. The van der Waals surface area contributed by atoms with Crippen LogP contribution in [0.4, 0.5) is 0 Å².